The van der Waals surface area contributed by atoms with Crippen LogP contribution in [0.1, 0.15) is 5.56 Å². The van der Waals surface area contributed by atoms with E-state index in [1.54, 1.807) is 11.3 Å². The Morgan fingerprint density at radius 2 is 2.18 bits per heavy atom. The normalized spacial score (nSPS) is 9.73. The average molecular weight is 158 g/mol. The van der Waals surface area contributed by atoms with Gasteiger partial charge in [0.2, 0.25) is 0 Å². The van der Waals surface area contributed by atoms with Crippen LogP contribution in [-0.4, -0.2) is 0 Å². The molecule has 0 aliphatic rings. The van der Waals surface area contributed by atoms with E-state index in [-0.39, 0.29) is 0 Å². The van der Waals surface area contributed by atoms with Gasteiger partial charge in [0, 0.05) is 10.9 Å². The molecule has 0 fully saturated rings. The highest BCUT2D eigenvalue weighted by molar-refractivity contribution is 7.09. The molecule has 0 amide bonds. The minimum atomic E-state index is 0.990. The van der Waals surface area contributed by atoms with Crippen molar-refractivity contribution in [2.45, 2.75) is 0 Å². The van der Waals surface area contributed by atoms with Crippen LogP contribution in [0.2, 0.25) is 0 Å². The molecule has 52 valence electrons. The van der Waals surface area contributed by atoms with E-state index in [2.05, 4.69) is 22.7 Å². The summed E-state index contributed by atoms with van der Waals surface area (Å²) in [5, 5.41) is 6.63. The molecule has 1 heterocycles. The molecule has 0 atom stereocenters. The van der Waals surface area contributed by atoms with E-state index >= 15 is 0 Å². The zero-order valence-corrected chi connectivity index (χ0v) is 6.69. The molecule has 0 bridgehead atoms. The number of rotatable bonds is 0. The highest BCUT2D eigenvalue weighted by Gasteiger charge is 1.96. The molecule has 0 aliphatic carbocycles. The number of thiophene rings is 1. The molecule has 2 rings (SSSR count). The lowest BCUT2D eigenvalue weighted by Gasteiger charge is -1.91. The summed E-state index contributed by atoms with van der Waals surface area (Å²) in [6, 6.07) is 6.03. The van der Waals surface area contributed by atoms with E-state index in [1.165, 1.54) is 10.8 Å². The maximum Gasteiger partial charge on any atom is 0.0329 e. The van der Waals surface area contributed by atoms with Crippen LogP contribution in [0, 0.1) is 12.3 Å². The lowest BCUT2D eigenvalue weighted by Crippen LogP contribution is -1.72. The molecule has 0 N–H and O–H groups in total. The van der Waals surface area contributed by atoms with Crippen molar-refractivity contribution in [1.29, 1.82) is 0 Å². The molecule has 0 saturated carbocycles. The van der Waals surface area contributed by atoms with Gasteiger partial charge in [0.15, 0.2) is 0 Å². The van der Waals surface area contributed by atoms with E-state index in [0.717, 1.165) is 5.56 Å². The van der Waals surface area contributed by atoms with Crippen molar-refractivity contribution in [3.05, 3.63) is 34.5 Å². The van der Waals surface area contributed by atoms with Gasteiger partial charge in [-0.1, -0.05) is 18.1 Å². The van der Waals surface area contributed by atoms with Gasteiger partial charge < -0.3 is 0 Å². The smallest absolute Gasteiger partial charge is 0.0329 e. The maximum absolute atomic E-state index is 5.33. The van der Waals surface area contributed by atoms with Gasteiger partial charge >= 0.3 is 0 Å². The zero-order valence-electron chi connectivity index (χ0n) is 5.87. The second kappa shape index (κ2) is 2.41. The predicted molar refractivity (Wildman–Crippen MR) is 49.8 cm³/mol. The summed E-state index contributed by atoms with van der Waals surface area (Å²) in [5.41, 5.74) is 0.990. The largest absolute Gasteiger partial charge is 0.151 e. The molecule has 0 nitrogen and oxygen atoms in total. The molecular formula is C10H6S. The molecular weight excluding hydrogens is 152 g/mol. The van der Waals surface area contributed by atoms with Gasteiger partial charge in [-0.25, -0.2) is 0 Å². The predicted octanol–water partition coefficient (Wildman–Crippen LogP) is 2.88. The van der Waals surface area contributed by atoms with E-state index in [0.29, 0.717) is 0 Å². The fourth-order valence-corrected chi connectivity index (χ4v) is 1.94. The van der Waals surface area contributed by atoms with Crippen molar-refractivity contribution in [2.75, 3.05) is 0 Å². The molecule has 1 aromatic heterocycles. The molecule has 0 unspecified atom stereocenters. The van der Waals surface area contributed by atoms with Crippen LogP contribution in [0.25, 0.3) is 10.8 Å². The van der Waals surface area contributed by atoms with Crippen LogP contribution in [0.5, 0.6) is 0 Å². The van der Waals surface area contributed by atoms with Crippen molar-refractivity contribution < 1.29 is 0 Å². The Balaban J connectivity index is 2.92. The van der Waals surface area contributed by atoms with Crippen molar-refractivity contribution >= 4 is 22.1 Å². The quantitative estimate of drug-likeness (QED) is 0.517. The highest BCUT2D eigenvalue weighted by Crippen LogP contribution is 2.21. The van der Waals surface area contributed by atoms with E-state index < -0.39 is 0 Å². The number of hydrogen-bond donors (Lipinski definition) is 0. The summed E-state index contributed by atoms with van der Waals surface area (Å²) in [6.45, 7) is 0. The summed E-state index contributed by atoms with van der Waals surface area (Å²) in [6.07, 6.45) is 5.33. The second-order valence-corrected chi connectivity index (χ2v) is 3.07. The summed E-state index contributed by atoms with van der Waals surface area (Å²) in [4.78, 5) is 0. The second-order valence-electron chi connectivity index (χ2n) is 2.32. The summed E-state index contributed by atoms with van der Waals surface area (Å²) in [5.74, 6) is 2.66. The van der Waals surface area contributed by atoms with Gasteiger partial charge in [-0.15, -0.1) is 6.42 Å². The third-order valence-corrected chi connectivity index (χ3v) is 2.44. The van der Waals surface area contributed by atoms with Gasteiger partial charge in [-0.3, -0.25) is 0 Å². The lowest BCUT2D eigenvalue weighted by atomic mass is 10.1. The fraction of sp³-hybridized carbons (Fsp3) is 0. The van der Waals surface area contributed by atoms with E-state index in [4.69, 9.17) is 6.42 Å². The minimum Gasteiger partial charge on any atom is -0.151 e. The molecule has 0 spiro atoms. The fourth-order valence-electron chi connectivity index (χ4n) is 1.12. The first-order valence-electron chi connectivity index (χ1n) is 3.33. The summed E-state index contributed by atoms with van der Waals surface area (Å²) >= 11 is 1.69. The maximum atomic E-state index is 5.33. The number of fused-ring (bicyclic) bond motifs is 1. The van der Waals surface area contributed by atoms with Gasteiger partial charge in [0.05, 0.1) is 0 Å². The molecule has 0 radical (unpaired) electrons. The van der Waals surface area contributed by atoms with E-state index in [9.17, 15) is 0 Å². The van der Waals surface area contributed by atoms with Crippen LogP contribution in [0.4, 0.5) is 0 Å². The molecule has 0 saturated heterocycles. The Hall–Kier alpha value is -1.26. The van der Waals surface area contributed by atoms with Crippen molar-refractivity contribution in [3.63, 3.8) is 0 Å². The van der Waals surface area contributed by atoms with Crippen molar-refractivity contribution in [3.8, 4) is 12.3 Å². The Labute approximate surface area is 69.5 Å². The summed E-state index contributed by atoms with van der Waals surface area (Å²) in [7, 11) is 0. The topological polar surface area (TPSA) is 0 Å². The molecule has 11 heavy (non-hydrogen) atoms. The number of terminal acetylenes is 1. The van der Waals surface area contributed by atoms with E-state index in [1.807, 2.05) is 12.1 Å². The van der Waals surface area contributed by atoms with Crippen LogP contribution < -0.4 is 0 Å². The Bertz CT molecular complexity index is 418. The number of hydrogen-bond acceptors (Lipinski definition) is 1. The Morgan fingerprint density at radius 1 is 1.27 bits per heavy atom. The van der Waals surface area contributed by atoms with Gasteiger partial charge in [-0.05, 0) is 22.2 Å². The first-order chi connectivity index (χ1) is 5.42. The molecule has 1 aromatic carbocycles. The molecule has 2 aromatic rings. The summed E-state index contributed by atoms with van der Waals surface area (Å²) < 4.78 is 0. The van der Waals surface area contributed by atoms with Crippen LogP contribution in [0.15, 0.2) is 29.0 Å². The van der Waals surface area contributed by atoms with Gasteiger partial charge in [-0.2, -0.15) is 11.3 Å². The van der Waals surface area contributed by atoms with Gasteiger partial charge in [0.1, 0.15) is 0 Å². The Kier molecular flexibility index (Phi) is 1.41. The van der Waals surface area contributed by atoms with Crippen molar-refractivity contribution in [1.82, 2.24) is 0 Å². The lowest BCUT2D eigenvalue weighted by molar-refractivity contribution is 1.77. The zero-order chi connectivity index (χ0) is 7.68. The minimum absolute atomic E-state index is 0.990. The molecule has 1 heteroatoms. The average Bonchev–Trinajstić information content (AvgIpc) is 2.50. The standard InChI is InChI=1S/C10H6S/c1-2-8-4-3-5-9-6-11-7-10(8)9/h1,3-7H. The Morgan fingerprint density at radius 3 is 3.00 bits per heavy atom. The first-order valence-corrected chi connectivity index (χ1v) is 4.27. The van der Waals surface area contributed by atoms with Crippen LogP contribution in [0.3, 0.4) is 0 Å². The third-order valence-electron chi connectivity index (χ3n) is 1.68. The third kappa shape index (κ3) is 0.923. The first kappa shape index (κ1) is 6.45. The SMILES string of the molecule is C#Cc1cccc2cscc12. The van der Waals surface area contributed by atoms with Crippen molar-refractivity contribution in [2.24, 2.45) is 0 Å². The van der Waals surface area contributed by atoms with Gasteiger partial charge in [0.25, 0.3) is 0 Å². The number of benzene rings is 1. The monoisotopic (exact) mass is 158 g/mol. The highest BCUT2D eigenvalue weighted by atomic mass is 32.1. The van der Waals surface area contributed by atoms with Crippen LogP contribution >= 0.6 is 11.3 Å². The molecule has 0 aliphatic heterocycles. The van der Waals surface area contributed by atoms with Crippen LogP contribution in [-0.2, 0) is 0 Å².